The molecule has 4 rings (SSSR count). The van der Waals surface area contributed by atoms with Crippen LogP contribution < -0.4 is 5.32 Å². The van der Waals surface area contributed by atoms with E-state index in [1.807, 2.05) is 42.5 Å². The fraction of sp³-hybridized carbons (Fsp3) is 0.0476. The van der Waals surface area contributed by atoms with Crippen molar-refractivity contribution in [1.82, 2.24) is 4.98 Å². The maximum atomic E-state index is 12.9. The summed E-state index contributed by atoms with van der Waals surface area (Å²) in [6.45, 7) is 1.58. The quantitative estimate of drug-likeness (QED) is 0.204. The van der Waals surface area contributed by atoms with Crippen LogP contribution in [-0.2, 0) is 0 Å². The average molecular weight is 515 g/mol. The van der Waals surface area contributed by atoms with Crippen LogP contribution in [0.4, 0.5) is 11.4 Å². The first-order chi connectivity index (χ1) is 13.9. The molecule has 1 amide bonds. The van der Waals surface area contributed by atoms with Crippen molar-refractivity contribution in [2.24, 2.45) is 0 Å². The summed E-state index contributed by atoms with van der Waals surface area (Å²) in [4.78, 5) is 28.3. The fourth-order valence-corrected chi connectivity index (χ4v) is 4.53. The fourth-order valence-electron chi connectivity index (χ4n) is 3.05. The molecule has 0 unspecified atom stereocenters. The molecule has 144 valence electrons. The summed E-state index contributed by atoms with van der Waals surface area (Å²) in [6.07, 6.45) is 0. The van der Waals surface area contributed by atoms with Crippen LogP contribution in [0.25, 0.3) is 20.8 Å². The van der Waals surface area contributed by atoms with Gasteiger partial charge in [0.05, 0.1) is 20.8 Å². The molecule has 1 N–H and O–H groups in total. The van der Waals surface area contributed by atoms with Crippen molar-refractivity contribution in [3.05, 3.63) is 85.5 Å². The van der Waals surface area contributed by atoms with E-state index in [1.165, 1.54) is 12.1 Å². The number of rotatable bonds is 4. The zero-order chi connectivity index (χ0) is 20.5. The van der Waals surface area contributed by atoms with Crippen molar-refractivity contribution in [1.29, 1.82) is 0 Å². The van der Waals surface area contributed by atoms with E-state index in [0.717, 1.165) is 24.4 Å². The number of nitro groups is 1. The van der Waals surface area contributed by atoms with Gasteiger partial charge in [0.1, 0.15) is 5.01 Å². The van der Waals surface area contributed by atoms with Crippen LogP contribution in [0.2, 0.25) is 0 Å². The Morgan fingerprint density at radius 3 is 2.69 bits per heavy atom. The number of benzene rings is 3. The van der Waals surface area contributed by atoms with Gasteiger partial charge in [0, 0.05) is 26.3 Å². The Kier molecular flexibility index (Phi) is 5.29. The molecule has 6 nitrogen and oxygen atoms in total. The van der Waals surface area contributed by atoms with Gasteiger partial charge in [-0.15, -0.1) is 11.3 Å². The van der Waals surface area contributed by atoms with Gasteiger partial charge in [-0.25, -0.2) is 4.98 Å². The number of nitrogens with one attached hydrogen (secondary N) is 1. The number of carbonyl (C=O) groups is 1. The Bertz CT molecular complexity index is 1240. The third-order valence-corrected chi connectivity index (χ3v) is 6.24. The van der Waals surface area contributed by atoms with Crippen LogP contribution in [0.5, 0.6) is 0 Å². The second-order valence-electron chi connectivity index (χ2n) is 6.34. The standard InChI is InChI=1S/C21H14IN3O3S/c1-12-14(5-4-7-18(12)25(27)28)20(26)23-16-10-9-13(22)11-15(16)21-24-17-6-2-3-8-19(17)29-21/h2-11H,1H3,(H,23,26). The lowest BCUT2D eigenvalue weighted by Gasteiger charge is -2.11. The zero-order valence-corrected chi connectivity index (χ0v) is 18.2. The second kappa shape index (κ2) is 7.88. The number of para-hydroxylation sites is 1. The van der Waals surface area contributed by atoms with E-state index in [4.69, 9.17) is 4.98 Å². The number of amides is 1. The monoisotopic (exact) mass is 515 g/mol. The lowest BCUT2D eigenvalue weighted by molar-refractivity contribution is -0.385. The summed E-state index contributed by atoms with van der Waals surface area (Å²) in [6, 6.07) is 18.0. The molecular formula is C21H14IN3O3S. The van der Waals surface area contributed by atoms with E-state index >= 15 is 0 Å². The van der Waals surface area contributed by atoms with Crippen LogP contribution in [0, 0.1) is 20.6 Å². The summed E-state index contributed by atoms with van der Waals surface area (Å²) >= 11 is 3.77. The minimum atomic E-state index is -0.483. The summed E-state index contributed by atoms with van der Waals surface area (Å²) < 4.78 is 2.08. The number of aromatic nitrogens is 1. The number of anilines is 1. The van der Waals surface area contributed by atoms with Crippen LogP contribution in [0.3, 0.4) is 0 Å². The smallest absolute Gasteiger partial charge is 0.273 e. The number of halogens is 1. The Labute approximate surface area is 183 Å². The largest absolute Gasteiger partial charge is 0.321 e. The summed E-state index contributed by atoms with van der Waals surface area (Å²) in [5.74, 6) is -0.394. The van der Waals surface area contributed by atoms with Gasteiger partial charge in [-0.3, -0.25) is 14.9 Å². The molecule has 1 aromatic heterocycles. The molecule has 1 heterocycles. The van der Waals surface area contributed by atoms with Gasteiger partial charge in [-0.1, -0.05) is 18.2 Å². The lowest BCUT2D eigenvalue weighted by Crippen LogP contribution is -2.14. The third-order valence-electron chi connectivity index (χ3n) is 4.50. The first kappa shape index (κ1) is 19.5. The van der Waals surface area contributed by atoms with Gasteiger partial charge in [-0.2, -0.15) is 0 Å². The Balaban J connectivity index is 1.74. The van der Waals surface area contributed by atoms with E-state index in [9.17, 15) is 14.9 Å². The number of nitro benzene ring substituents is 1. The molecule has 0 aliphatic heterocycles. The van der Waals surface area contributed by atoms with Crippen molar-refractivity contribution >= 4 is 61.4 Å². The number of fused-ring (bicyclic) bond motifs is 1. The highest BCUT2D eigenvalue weighted by atomic mass is 127. The molecule has 8 heteroatoms. The summed E-state index contributed by atoms with van der Waals surface area (Å²) in [5, 5.41) is 14.9. The predicted molar refractivity (Wildman–Crippen MR) is 124 cm³/mol. The predicted octanol–water partition coefficient (Wildman–Crippen LogP) is 6.04. The highest BCUT2D eigenvalue weighted by Crippen LogP contribution is 2.36. The van der Waals surface area contributed by atoms with E-state index in [2.05, 4.69) is 27.9 Å². The lowest BCUT2D eigenvalue weighted by atomic mass is 10.1. The first-order valence-electron chi connectivity index (χ1n) is 8.65. The second-order valence-corrected chi connectivity index (χ2v) is 8.61. The molecule has 0 saturated heterocycles. The molecule has 0 bridgehead atoms. The van der Waals surface area contributed by atoms with Crippen molar-refractivity contribution in [3.63, 3.8) is 0 Å². The van der Waals surface area contributed by atoms with Gasteiger partial charge >= 0.3 is 0 Å². The Morgan fingerprint density at radius 1 is 1.14 bits per heavy atom. The zero-order valence-electron chi connectivity index (χ0n) is 15.2. The maximum Gasteiger partial charge on any atom is 0.273 e. The van der Waals surface area contributed by atoms with Crippen molar-refractivity contribution in [3.8, 4) is 10.6 Å². The molecule has 0 aliphatic rings. The van der Waals surface area contributed by atoms with E-state index in [1.54, 1.807) is 24.3 Å². The highest BCUT2D eigenvalue weighted by molar-refractivity contribution is 14.1. The topological polar surface area (TPSA) is 85.1 Å². The Morgan fingerprint density at radius 2 is 1.93 bits per heavy atom. The molecule has 3 aromatic carbocycles. The van der Waals surface area contributed by atoms with E-state index in [0.29, 0.717) is 11.3 Å². The van der Waals surface area contributed by atoms with Crippen molar-refractivity contribution in [2.45, 2.75) is 6.92 Å². The number of carbonyl (C=O) groups excluding carboxylic acids is 1. The van der Waals surface area contributed by atoms with Crippen LogP contribution in [0.1, 0.15) is 15.9 Å². The minimum Gasteiger partial charge on any atom is -0.321 e. The molecular weight excluding hydrogens is 501 g/mol. The van der Waals surface area contributed by atoms with Crippen LogP contribution in [-0.4, -0.2) is 15.8 Å². The number of hydrogen-bond acceptors (Lipinski definition) is 5. The van der Waals surface area contributed by atoms with Gasteiger partial charge in [-0.05, 0) is 65.9 Å². The molecule has 0 fully saturated rings. The Hall–Kier alpha value is -2.85. The molecule has 0 spiro atoms. The molecule has 4 aromatic rings. The van der Waals surface area contributed by atoms with Gasteiger partial charge in [0.2, 0.25) is 0 Å². The van der Waals surface area contributed by atoms with E-state index < -0.39 is 10.8 Å². The SMILES string of the molecule is Cc1c(C(=O)Nc2ccc(I)cc2-c2nc3ccccc3s2)cccc1[N+](=O)[O-]. The minimum absolute atomic E-state index is 0.0772. The first-order valence-corrected chi connectivity index (χ1v) is 10.5. The third kappa shape index (κ3) is 3.85. The number of thiazole rings is 1. The van der Waals surface area contributed by atoms with Gasteiger partial charge in [0.25, 0.3) is 11.6 Å². The molecule has 0 atom stereocenters. The van der Waals surface area contributed by atoms with Crippen molar-refractivity contribution in [2.75, 3.05) is 5.32 Å². The molecule has 0 radical (unpaired) electrons. The highest BCUT2D eigenvalue weighted by Gasteiger charge is 2.20. The summed E-state index contributed by atoms with van der Waals surface area (Å²) in [5.41, 5.74) is 2.86. The van der Waals surface area contributed by atoms with Gasteiger partial charge in [0.15, 0.2) is 0 Å². The molecule has 0 saturated carbocycles. The van der Waals surface area contributed by atoms with Crippen LogP contribution in [0.15, 0.2) is 60.7 Å². The number of nitrogens with zero attached hydrogens (tertiary/aromatic N) is 2. The van der Waals surface area contributed by atoms with Crippen molar-refractivity contribution < 1.29 is 9.72 Å². The maximum absolute atomic E-state index is 12.9. The van der Waals surface area contributed by atoms with E-state index in [-0.39, 0.29) is 11.3 Å². The summed E-state index contributed by atoms with van der Waals surface area (Å²) in [7, 11) is 0. The molecule has 0 aliphatic carbocycles. The average Bonchev–Trinajstić information content (AvgIpc) is 3.13. The normalized spacial score (nSPS) is 10.8. The molecule has 29 heavy (non-hydrogen) atoms. The number of hydrogen-bond donors (Lipinski definition) is 1. The van der Waals surface area contributed by atoms with Crippen LogP contribution >= 0.6 is 33.9 Å². The van der Waals surface area contributed by atoms with Gasteiger partial charge < -0.3 is 5.32 Å².